The minimum atomic E-state index is -0.689. The molecule has 3 aromatic rings. The highest BCUT2D eigenvalue weighted by molar-refractivity contribution is 9.10. The van der Waals surface area contributed by atoms with E-state index in [9.17, 15) is 9.59 Å². The zero-order valence-electron chi connectivity index (χ0n) is 17.1. The van der Waals surface area contributed by atoms with Crippen molar-refractivity contribution in [2.45, 2.75) is 6.92 Å². The van der Waals surface area contributed by atoms with E-state index < -0.39 is 5.97 Å². The SMILES string of the molecule is COC(=O)C(=CC(=O)c1ccc(Br)cc1)NN=C(c1ccccc1)c1ccccc1C. The van der Waals surface area contributed by atoms with E-state index >= 15 is 0 Å². The van der Waals surface area contributed by atoms with E-state index in [4.69, 9.17) is 4.74 Å². The average molecular weight is 477 g/mol. The van der Waals surface area contributed by atoms with Crippen molar-refractivity contribution >= 4 is 33.4 Å². The second-order valence-corrected chi connectivity index (χ2v) is 7.59. The van der Waals surface area contributed by atoms with Crippen molar-refractivity contribution in [1.82, 2.24) is 5.43 Å². The number of ether oxygens (including phenoxy) is 1. The Kier molecular flexibility index (Phi) is 7.51. The smallest absolute Gasteiger partial charge is 0.356 e. The summed E-state index contributed by atoms with van der Waals surface area (Å²) in [4.78, 5) is 24.9. The van der Waals surface area contributed by atoms with Gasteiger partial charge in [0.25, 0.3) is 0 Å². The summed E-state index contributed by atoms with van der Waals surface area (Å²) in [7, 11) is 1.26. The Hall–Kier alpha value is -3.51. The first kappa shape index (κ1) is 22.2. The Morgan fingerprint density at radius 3 is 2.19 bits per heavy atom. The molecular weight excluding hydrogens is 456 g/mol. The van der Waals surface area contributed by atoms with Gasteiger partial charge in [-0.3, -0.25) is 10.2 Å². The topological polar surface area (TPSA) is 67.8 Å². The fraction of sp³-hybridized carbons (Fsp3) is 0.0800. The highest BCUT2D eigenvalue weighted by Crippen LogP contribution is 2.16. The van der Waals surface area contributed by atoms with Crippen LogP contribution in [0, 0.1) is 6.92 Å². The maximum atomic E-state index is 12.6. The van der Waals surface area contributed by atoms with Crippen LogP contribution < -0.4 is 5.43 Å². The van der Waals surface area contributed by atoms with Gasteiger partial charge in [-0.2, -0.15) is 5.10 Å². The first-order chi connectivity index (χ1) is 15.0. The van der Waals surface area contributed by atoms with Crippen LogP contribution in [0.2, 0.25) is 0 Å². The van der Waals surface area contributed by atoms with Crippen molar-refractivity contribution in [2.75, 3.05) is 7.11 Å². The van der Waals surface area contributed by atoms with Crippen LogP contribution in [0.5, 0.6) is 0 Å². The highest BCUT2D eigenvalue weighted by Gasteiger charge is 2.15. The van der Waals surface area contributed by atoms with Crippen LogP contribution in [-0.4, -0.2) is 24.6 Å². The minimum absolute atomic E-state index is 0.0579. The third-order valence-corrected chi connectivity index (χ3v) is 5.07. The largest absolute Gasteiger partial charge is 0.464 e. The van der Waals surface area contributed by atoms with Gasteiger partial charge < -0.3 is 4.74 Å². The highest BCUT2D eigenvalue weighted by atomic mass is 79.9. The Morgan fingerprint density at radius 1 is 0.903 bits per heavy atom. The number of carbonyl (C=O) groups is 2. The molecule has 0 bridgehead atoms. The van der Waals surface area contributed by atoms with Gasteiger partial charge in [0.05, 0.1) is 12.8 Å². The van der Waals surface area contributed by atoms with Crippen molar-refractivity contribution in [1.29, 1.82) is 0 Å². The number of halogens is 1. The van der Waals surface area contributed by atoms with Gasteiger partial charge in [0.2, 0.25) is 0 Å². The molecule has 0 aromatic heterocycles. The molecule has 0 saturated carbocycles. The van der Waals surface area contributed by atoms with E-state index in [2.05, 4.69) is 26.5 Å². The number of hydrogen-bond donors (Lipinski definition) is 1. The lowest BCUT2D eigenvalue weighted by Gasteiger charge is -2.12. The monoisotopic (exact) mass is 476 g/mol. The molecule has 0 aliphatic carbocycles. The van der Waals surface area contributed by atoms with Gasteiger partial charge in [0.1, 0.15) is 5.70 Å². The maximum Gasteiger partial charge on any atom is 0.356 e. The molecule has 31 heavy (non-hydrogen) atoms. The molecule has 0 radical (unpaired) electrons. The second kappa shape index (κ2) is 10.5. The van der Waals surface area contributed by atoms with E-state index in [0.29, 0.717) is 11.3 Å². The number of hydrazone groups is 1. The normalized spacial score (nSPS) is 11.7. The number of rotatable bonds is 7. The molecule has 156 valence electrons. The molecule has 0 atom stereocenters. The first-order valence-electron chi connectivity index (χ1n) is 9.54. The molecule has 3 rings (SSSR count). The van der Waals surface area contributed by atoms with E-state index in [1.807, 2.05) is 61.5 Å². The van der Waals surface area contributed by atoms with Crippen LogP contribution in [0.25, 0.3) is 0 Å². The summed E-state index contributed by atoms with van der Waals surface area (Å²) in [6.07, 6.45) is 1.19. The third kappa shape index (κ3) is 5.77. The predicted molar refractivity (Wildman–Crippen MR) is 125 cm³/mol. The zero-order chi connectivity index (χ0) is 22.2. The summed E-state index contributed by atoms with van der Waals surface area (Å²) < 4.78 is 5.69. The Morgan fingerprint density at radius 2 is 1.55 bits per heavy atom. The first-order valence-corrected chi connectivity index (χ1v) is 10.3. The number of carbonyl (C=O) groups excluding carboxylic acids is 2. The summed E-state index contributed by atoms with van der Waals surface area (Å²) >= 11 is 3.34. The van der Waals surface area contributed by atoms with E-state index in [1.165, 1.54) is 13.2 Å². The van der Waals surface area contributed by atoms with Crippen LogP contribution in [-0.2, 0) is 9.53 Å². The number of ketones is 1. The number of nitrogens with one attached hydrogen (secondary N) is 1. The number of benzene rings is 3. The van der Waals surface area contributed by atoms with Crippen molar-refractivity contribution in [3.05, 3.63) is 117 Å². The second-order valence-electron chi connectivity index (χ2n) is 6.67. The van der Waals surface area contributed by atoms with Crippen molar-refractivity contribution in [3.8, 4) is 0 Å². The lowest BCUT2D eigenvalue weighted by molar-refractivity contribution is -0.136. The van der Waals surface area contributed by atoms with Gasteiger partial charge in [-0.1, -0.05) is 70.5 Å². The quantitative estimate of drug-likeness (QED) is 0.170. The molecular formula is C25H21BrN2O3. The number of allylic oxidation sites excluding steroid dienone is 1. The number of nitrogens with zero attached hydrogens (tertiary/aromatic N) is 1. The maximum absolute atomic E-state index is 12.6. The van der Waals surface area contributed by atoms with Crippen molar-refractivity contribution in [2.24, 2.45) is 5.10 Å². The number of hydrogen-bond acceptors (Lipinski definition) is 5. The molecule has 3 aromatic carbocycles. The van der Waals surface area contributed by atoms with Gasteiger partial charge in [-0.15, -0.1) is 0 Å². The molecule has 0 fully saturated rings. The average Bonchev–Trinajstić information content (AvgIpc) is 2.80. The van der Waals surface area contributed by atoms with Crippen molar-refractivity contribution < 1.29 is 14.3 Å². The van der Waals surface area contributed by atoms with Gasteiger partial charge >= 0.3 is 5.97 Å². The molecule has 0 spiro atoms. The van der Waals surface area contributed by atoms with Crippen LogP contribution in [0.1, 0.15) is 27.0 Å². The third-order valence-electron chi connectivity index (χ3n) is 4.55. The summed E-state index contributed by atoms with van der Waals surface area (Å²) in [5.41, 5.74) is 6.58. The van der Waals surface area contributed by atoms with Gasteiger partial charge in [-0.05, 0) is 36.8 Å². The molecule has 5 nitrogen and oxygen atoms in total. The molecule has 0 aliphatic rings. The fourth-order valence-corrected chi connectivity index (χ4v) is 3.17. The lowest BCUT2D eigenvalue weighted by atomic mass is 9.98. The minimum Gasteiger partial charge on any atom is -0.464 e. The van der Waals surface area contributed by atoms with E-state index in [-0.39, 0.29) is 11.5 Å². The zero-order valence-corrected chi connectivity index (χ0v) is 18.7. The summed E-state index contributed by atoms with van der Waals surface area (Å²) in [5, 5.41) is 4.49. The summed E-state index contributed by atoms with van der Waals surface area (Å²) in [6.45, 7) is 1.99. The van der Waals surface area contributed by atoms with Crippen LogP contribution in [0.15, 0.2) is 100 Å². The summed E-state index contributed by atoms with van der Waals surface area (Å²) in [6, 6.07) is 24.3. The Labute approximate surface area is 189 Å². The molecule has 6 heteroatoms. The molecule has 0 aliphatic heterocycles. The number of methoxy groups -OCH3 is 1. The van der Waals surface area contributed by atoms with Crippen molar-refractivity contribution in [3.63, 3.8) is 0 Å². The van der Waals surface area contributed by atoms with Gasteiger partial charge in [-0.25, -0.2) is 4.79 Å². The fourth-order valence-electron chi connectivity index (χ4n) is 2.91. The van der Waals surface area contributed by atoms with Crippen LogP contribution in [0.4, 0.5) is 0 Å². The van der Waals surface area contributed by atoms with Gasteiger partial charge in [0, 0.05) is 27.2 Å². The van der Waals surface area contributed by atoms with E-state index in [1.54, 1.807) is 24.3 Å². The molecule has 0 unspecified atom stereocenters. The predicted octanol–water partition coefficient (Wildman–Crippen LogP) is 5.04. The molecule has 0 saturated heterocycles. The summed E-state index contributed by atoms with van der Waals surface area (Å²) in [5.74, 6) is -1.03. The molecule has 0 amide bonds. The molecule has 1 N–H and O–H groups in total. The number of esters is 1. The Balaban J connectivity index is 2.00. The van der Waals surface area contributed by atoms with Crippen LogP contribution in [0.3, 0.4) is 0 Å². The van der Waals surface area contributed by atoms with Gasteiger partial charge in [0.15, 0.2) is 5.78 Å². The lowest BCUT2D eigenvalue weighted by Crippen LogP contribution is -2.21. The van der Waals surface area contributed by atoms with E-state index in [0.717, 1.165) is 21.2 Å². The van der Waals surface area contributed by atoms with Crippen LogP contribution >= 0.6 is 15.9 Å². The Bertz CT molecular complexity index is 1140. The standard InChI is InChI=1S/C25H21BrN2O3/c1-17-8-6-7-11-21(17)24(19-9-4-3-5-10-19)28-27-22(25(30)31-2)16-23(29)18-12-14-20(26)15-13-18/h3-16,27H,1-2H3. The number of aryl methyl sites for hydroxylation is 1. The molecule has 0 heterocycles.